The molecular weight excluding hydrogens is 352 g/mol. The molecule has 1 aromatic heterocycles. The number of carboxylic acids is 1. The van der Waals surface area contributed by atoms with Gasteiger partial charge in [0, 0.05) is 6.20 Å². The lowest BCUT2D eigenvalue weighted by Gasteiger charge is -2.19. The van der Waals surface area contributed by atoms with Crippen LogP contribution in [0.25, 0.3) is 0 Å². The van der Waals surface area contributed by atoms with E-state index in [1.807, 2.05) is 20.8 Å². The summed E-state index contributed by atoms with van der Waals surface area (Å²) in [6.07, 6.45) is 1.14. The predicted octanol–water partition coefficient (Wildman–Crippen LogP) is 3.53. The van der Waals surface area contributed by atoms with Gasteiger partial charge in [-0.15, -0.1) is 0 Å². The molecule has 0 aliphatic carbocycles. The van der Waals surface area contributed by atoms with Crippen molar-refractivity contribution in [3.63, 3.8) is 0 Å². The third-order valence-electron chi connectivity index (χ3n) is 3.33. The van der Waals surface area contributed by atoms with Crippen LogP contribution in [0.5, 0.6) is 0 Å². The number of pyridine rings is 1. The number of carboxylic acid groups (broad SMARTS) is 1. The summed E-state index contributed by atoms with van der Waals surface area (Å²) in [6, 6.07) is 7.60. The third-order valence-corrected chi connectivity index (χ3v) is 4.92. The maximum Gasteiger partial charge on any atom is 0.356 e. The van der Waals surface area contributed by atoms with Crippen molar-refractivity contribution in [3.8, 4) is 0 Å². The number of nitrogens with one attached hydrogen (secondary N) is 1. The molecule has 24 heavy (non-hydrogen) atoms. The highest BCUT2D eigenvalue weighted by Crippen LogP contribution is 2.25. The average Bonchev–Trinajstić information content (AvgIpc) is 2.45. The van der Waals surface area contributed by atoms with Gasteiger partial charge in [-0.2, -0.15) is 0 Å². The molecule has 2 rings (SSSR count). The number of rotatable bonds is 4. The zero-order valence-corrected chi connectivity index (χ0v) is 14.9. The van der Waals surface area contributed by atoms with Crippen LogP contribution in [0.2, 0.25) is 5.02 Å². The number of anilines is 1. The highest BCUT2D eigenvalue weighted by atomic mass is 35.5. The number of aromatic carboxylic acids is 1. The molecule has 0 amide bonds. The van der Waals surface area contributed by atoms with Crippen molar-refractivity contribution in [1.29, 1.82) is 0 Å². The molecule has 2 aromatic rings. The molecule has 0 spiro atoms. The monoisotopic (exact) mass is 368 g/mol. The molecule has 0 aliphatic heterocycles. The van der Waals surface area contributed by atoms with Crippen molar-refractivity contribution in [1.82, 2.24) is 4.98 Å². The van der Waals surface area contributed by atoms with Gasteiger partial charge < -0.3 is 5.11 Å². The Hall–Kier alpha value is -2.12. The van der Waals surface area contributed by atoms with Gasteiger partial charge in [0.25, 0.3) is 10.0 Å². The molecule has 1 aromatic carbocycles. The minimum absolute atomic E-state index is 0.0202. The van der Waals surface area contributed by atoms with E-state index in [1.165, 1.54) is 18.2 Å². The maximum atomic E-state index is 12.5. The van der Waals surface area contributed by atoms with Gasteiger partial charge >= 0.3 is 5.97 Å². The molecule has 1 heterocycles. The lowest BCUT2D eigenvalue weighted by atomic mass is 9.87. The van der Waals surface area contributed by atoms with Crippen LogP contribution in [-0.2, 0) is 15.4 Å². The number of halogens is 1. The Morgan fingerprint density at radius 3 is 2.29 bits per heavy atom. The van der Waals surface area contributed by atoms with Crippen LogP contribution in [0.3, 0.4) is 0 Å². The number of aromatic nitrogens is 1. The van der Waals surface area contributed by atoms with Gasteiger partial charge in [-0.3, -0.25) is 4.72 Å². The van der Waals surface area contributed by atoms with Crippen LogP contribution < -0.4 is 4.72 Å². The fourth-order valence-corrected chi connectivity index (χ4v) is 3.24. The first kappa shape index (κ1) is 18.2. The minimum Gasteiger partial charge on any atom is -0.476 e. The normalized spacial score (nSPS) is 12.0. The molecule has 0 bridgehead atoms. The van der Waals surface area contributed by atoms with E-state index in [9.17, 15) is 13.2 Å². The summed E-state index contributed by atoms with van der Waals surface area (Å²) >= 11 is 5.78. The molecule has 0 radical (unpaired) electrons. The largest absolute Gasteiger partial charge is 0.476 e. The van der Waals surface area contributed by atoms with Gasteiger partial charge in [0.15, 0.2) is 5.69 Å². The molecule has 128 valence electrons. The van der Waals surface area contributed by atoms with E-state index in [1.54, 1.807) is 12.1 Å². The van der Waals surface area contributed by atoms with Crippen molar-refractivity contribution in [2.24, 2.45) is 0 Å². The van der Waals surface area contributed by atoms with Crippen LogP contribution in [0.4, 0.5) is 5.69 Å². The van der Waals surface area contributed by atoms with Crippen LogP contribution in [-0.4, -0.2) is 24.5 Å². The standard InChI is InChI=1S/C16H17ClN2O4S/c1-16(2,3)10-4-6-12(7-5-10)24(22,23)19-13-8-11(17)9-18-14(13)15(20)21/h4-9,19H,1-3H3,(H,20,21). The Labute approximate surface area is 145 Å². The second-order valence-corrected chi connectivity index (χ2v) is 8.35. The van der Waals surface area contributed by atoms with Crippen molar-refractivity contribution < 1.29 is 18.3 Å². The molecule has 0 saturated heterocycles. The van der Waals surface area contributed by atoms with E-state index in [0.29, 0.717) is 0 Å². The Bertz CT molecular complexity index is 872. The van der Waals surface area contributed by atoms with E-state index in [0.717, 1.165) is 11.8 Å². The molecule has 6 nitrogen and oxygen atoms in total. The van der Waals surface area contributed by atoms with Gasteiger partial charge in [0.05, 0.1) is 15.6 Å². The summed E-state index contributed by atoms with van der Waals surface area (Å²) in [5, 5.41) is 9.24. The predicted molar refractivity (Wildman–Crippen MR) is 92.2 cm³/mol. The lowest BCUT2D eigenvalue weighted by Crippen LogP contribution is -2.17. The van der Waals surface area contributed by atoms with Crippen LogP contribution >= 0.6 is 11.6 Å². The van der Waals surface area contributed by atoms with Crippen molar-refractivity contribution in [2.75, 3.05) is 4.72 Å². The topological polar surface area (TPSA) is 96.4 Å². The van der Waals surface area contributed by atoms with Gasteiger partial charge in [-0.05, 0) is 29.2 Å². The number of hydrogen-bond acceptors (Lipinski definition) is 4. The summed E-state index contributed by atoms with van der Waals surface area (Å²) in [5.74, 6) is -1.35. The first-order chi connectivity index (χ1) is 11.0. The van der Waals surface area contributed by atoms with Gasteiger partial charge in [-0.1, -0.05) is 44.5 Å². The second-order valence-electron chi connectivity index (χ2n) is 6.23. The molecule has 8 heteroatoms. The Balaban J connectivity index is 2.39. The number of carbonyl (C=O) groups is 1. The first-order valence-electron chi connectivity index (χ1n) is 7.03. The van der Waals surface area contributed by atoms with E-state index in [4.69, 9.17) is 16.7 Å². The minimum atomic E-state index is -3.96. The summed E-state index contributed by atoms with van der Waals surface area (Å²) in [4.78, 5) is 14.8. The average molecular weight is 369 g/mol. The Morgan fingerprint density at radius 2 is 1.79 bits per heavy atom. The van der Waals surface area contributed by atoms with Crippen LogP contribution in [0, 0.1) is 0 Å². The zero-order chi connectivity index (χ0) is 18.1. The summed E-state index contributed by atoms with van der Waals surface area (Å²) in [6.45, 7) is 6.06. The van der Waals surface area contributed by atoms with Crippen molar-refractivity contribution >= 4 is 33.3 Å². The van der Waals surface area contributed by atoms with Crippen molar-refractivity contribution in [2.45, 2.75) is 31.1 Å². The maximum absolute atomic E-state index is 12.5. The Kier molecular flexibility index (Phi) is 4.87. The zero-order valence-electron chi connectivity index (χ0n) is 13.4. The number of hydrogen-bond donors (Lipinski definition) is 2. The quantitative estimate of drug-likeness (QED) is 0.860. The number of benzene rings is 1. The van der Waals surface area contributed by atoms with Gasteiger partial charge in [-0.25, -0.2) is 18.2 Å². The number of sulfonamides is 1. The molecule has 0 aliphatic rings. The molecule has 0 saturated carbocycles. The third kappa shape index (κ3) is 4.04. The van der Waals surface area contributed by atoms with E-state index in [-0.39, 0.29) is 21.0 Å². The smallest absolute Gasteiger partial charge is 0.356 e. The fourth-order valence-electron chi connectivity index (χ4n) is 2.03. The van der Waals surface area contributed by atoms with E-state index in [2.05, 4.69) is 9.71 Å². The lowest BCUT2D eigenvalue weighted by molar-refractivity contribution is 0.0692. The molecule has 0 unspecified atom stereocenters. The second kappa shape index (κ2) is 6.41. The van der Waals surface area contributed by atoms with Crippen LogP contribution in [0.1, 0.15) is 36.8 Å². The summed E-state index contributed by atoms with van der Waals surface area (Å²) < 4.78 is 27.2. The highest BCUT2D eigenvalue weighted by molar-refractivity contribution is 7.92. The van der Waals surface area contributed by atoms with Crippen LogP contribution in [0.15, 0.2) is 41.4 Å². The Morgan fingerprint density at radius 1 is 1.21 bits per heavy atom. The van der Waals surface area contributed by atoms with Crippen molar-refractivity contribution in [3.05, 3.63) is 52.8 Å². The van der Waals surface area contributed by atoms with Gasteiger partial charge in [0.1, 0.15) is 0 Å². The van der Waals surface area contributed by atoms with E-state index < -0.39 is 21.7 Å². The first-order valence-corrected chi connectivity index (χ1v) is 8.89. The van der Waals surface area contributed by atoms with Gasteiger partial charge in [0.2, 0.25) is 0 Å². The highest BCUT2D eigenvalue weighted by Gasteiger charge is 2.21. The molecule has 0 atom stereocenters. The number of nitrogens with zero attached hydrogens (tertiary/aromatic N) is 1. The molecular formula is C16H17ClN2O4S. The SMILES string of the molecule is CC(C)(C)c1ccc(S(=O)(=O)Nc2cc(Cl)cnc2C(=O)O)cc1. The molecule has 0 fully saturated rings. The summed E-state index contributed by atoms with van der Waals surface area (Å²) in [5.41, 5.74) is 0.268. The summed E-state index contributed by atoms with van der Waals surface area (Å²) in [7, 11) is -3.96. The van der Waals surface area contributed by atoms with E-state index >= 15 is 0 Å². The molecule has 2 N–H and O–H groups in total. The fraction of sp³-hybridized carbons (Fsp3) is 0.250.